The van der Waals surface area contributed by atoms with Crippen LogP contribution in [0.2, 0.25) is 0 Å². The van der Waals surface area contributed by atoms with Crippen LogP contribution in [-0.2, 0) is 15.9 Å². The van der Waals surface area contributed by atoms with E-state index in [9.17, 15) is 44.6 Å². The summed E-state index contributed by atoms with van der Waals surface area (Å²) < 4.78 is 142. The molecule has 54 heavy (non-hydrogen) atoms. The van der Waals surface area contributed by atoms with Crippen LogP contribution in [0.4, 0.5) is 39.5 Å². The number of rotatable bonds is 21. The number of ether oxygens (including phenoxy) is 3. The first-order valence-corrected chi connectivity index (χ1v) is 21.4. The number of fused-ring (bicyclic) bond motifs is 5. The molecule has 0 heterocycles. The molecule has 0 amide bonds. The molecule has 1 N–H and O–H groups in total. The Bertz CT molecular complexity index is 1280. The lowest BCUT2D eigenvalue weighted by atomic mass is 9.55. The van der Waals surface area contributed by atoms with Crippen LogP contribution in [0.5, 0.6) is 5.75 Å². The zero-order valence-electron chi connectivity index (χ0n) is 32.1. The largest absolute Gasteiger partial charge is 0.493 e. The minimum absolute atomic E-state index is 0.0987. The van der Waals surface area contributed by atoms with Gasteiger partial charge < -0.3 is 24.2 Å². The van der Waals surface area contributed by atoms with Crippen molar-refractivity contribution < 1.29 is 60.2 Å². The smallest absolute Gasteiger partial charge is 0.435 e. The first kappa shape index (κ1) is 44.0. The third-order valence-electron chi connectivity index (χ3n) is 11.7. The summed E-state index contributed by atoms with van der Waals surface area (Å²) in [7, 11) is 5.80. The van der Waals surface area contributed by atoms with E-state index >= 15 is 0 Å². The molecular formula is C38H56F9NO4S2. The monoisotopic (exact) mass is 826 g/mol. The minimum Gasteiger partial charge on any atom is -0.493 e. The molecule has 3 aliphatic carbocycles. The van der Waals surface area contributed by atoms with E-state index in [2.05, 4.69) is 35.7 Å². The van der Waals surface area contributed by atoms with Crippen molar-refractivity contribution in [2.45, 2.75) is 121 Å². The van der Waals surface area contributed by atoms with Crippen molar-refractivity contribution in [1.29, 1.82) is 0 Å². The van der Waals surface area contributed by atoms with Crippen molar-refractivity contribution in [3.8, 4) is 5.75 Å². The van der Waals surface area contributed by atoms with Gasteiger partial charge in [-0.15, -0.1) is 0 Å². The van der Waals surface area contributed by atoms with Crippen LogP contribution in [0.3, 0.4) is 0 Å². The van der Waals surface area contributed by atoms with Crippen LogP contribution in [0.15, 0.2) is 18.2 Å². The van der Waals surface area contributed by atoms with Gasteiger partial charge in [-0.05, 0) is 137 Å². The number of halogens is 9. The summed E-state index contributed by atoms with van der Waals surface area (Å²) >= 11 is 0. The molecule has 0 bridgehead atoms. The third-order valence-corrected chi connectivity index (χ3v) is 14.1. The highest BCUT2D eigenvalue weighted by Gasteiger charge is 2.85. The maximum Gasteiger partial charge on any atom is 0.435 e. The number of aliphatic hydroxyl groups is 1. The van der Waals surface area contributed by atoms with E-state index in [0.29, 0.717) is 30.8 Å². The molecule has 16 heteroatoms. The van der Waals surface area contributed by atoms with Gasteiger partial charge in [-0.1, -0.05) is 47.9 Å². The van der Waals surface area contributed by atoms with E-state index in [1.54, 1.807) is 0 Å². The van der Waals surface area contributed by atoms with Crippen LogP contribution >= 0.6 is 21.6 Å². The topological polar surface area (TPSA) is 51.2 Å². The number of hydrogen-bond acceptors (Lipinski definition) is 7. The summed E-state index contributed by atoms with van der Waals surface area (Å²) in [4.78, 5) is 2.34. The van der Waals surface area contributed by atoms with Crippen LogP contribution in [-0.4, -0.2) is 98.3 Å². The molecule has 0 saturated heterocycles. The highest BCUT2D eigenvalue weighted by molar-refractivity contribution is 8.76. The number of alkyl halides is 9. The molecule has 312 valence electrons. The maximum atomic E-state index is 13.2. The SMILES string of the molecule is [2H]CC(CO)CCCCN(C)CCCSSCCOc1ccc2c(c1)CC[C@@H]1[C@@H]2CC[C@]2(C)[C@@H](OCCCOC(C(F)(F)F)(C(F)(F)F)C(F)(F)F)CC[C@@H]12. The number of nitrogens with zero attached hydrogens (tertiary/aromatic N) is 1. The van der Waals surface area contributed by atoms with E-state index in [1.165, 1.54) is 11.1 Å². The lowest BCUT2D eigenvalue weighted by Crippen LogP contribution is -2.67. The van der Waals surface area contributed by atoms with Crippen molar-refractivity contribution in [3.63, 3.8) is 0 Å². The second kappa shape index (κ2) is 19.6. The molecule has 0 aromatic heterocycles. The van der Waals surface area contributed by atoms with Crippen molar-refractivity contribution in [2.24, 2.45) is 23.2 Å². The van der Waals surface area contributed by atoms with Gasteiger partial charge in [0.1, 0.15) is 5.75 Å². The molecule has 5 nitrogen and oxygen atoms in total. The van der Waals surface area contributed by atoms with Gasteiger partial charge in [-0.2, -0.15) is 39.5 Å². The fourth-order valence-electron chi connectivity index (χ4n) is 8.83. The van der Waals surface area contributed by atoms with Crippen molar-refractivity contribution in [1.82, 2.24) is 4.90 Å². The summed E-state index contributed by atoms with van der Waals surface area (Å²) in [5.41, 5.74) is -3.90. The zero-order chi connectivity index (χ0) is 40.5. The predicted molar refractivity (Wildman–Crippen MR) is 195 cm³/mol. The molecule has 2 saturated carbocycles. The number of benzene rings is 1. The zero-order valence-corrected chi connectivity index (χ0v) is 32.7. The van der Waals surface area contributed by atoms with Crippen LogP contribution in [0.1, 0.15) is 96.4 Å². The lowest BCUT2D eigenvalue weighted by Gasteiger charge is -2.50. The Morgan fingerprint density at radius 1 is 0.889 bits per heavy atom. The molecule has 2 fully saturated rings. The van der Waals surface area contributed by atoms with Crippen molar-refractivity contribution in [3.05, 3.63) is 29.3 Å². The van der Waals surface area contributed by atoms with Gasteiger partial charge in [0.2, 0.25) is 0 Å². The minimum atomic E-state index is -6.74. The summed E-state index contributed by atoms with van der Waals surface area (Å²) in [5.74, 6) is 3.96. The van der Waals surface area contributed by atoms with E-state index in [0.717, 1.165) is 88.1 Å². The Morgan fingerprint density at radius 3 is 2.28 bits per heavy atom. The average molecular weight is 827 g/mol. The molecule has 1 unspecified atom stereocenters. The quantitative estimate of drug-likeness (QED) is 0.0753. The normalized spacial score (nSPS) is 25.6. The van der Waals surface area contributed by atoms with Gasteiger partial charge >= 0.3 is 24.1 Å². The summed E-state index contributed by atoms with van der Waals surface area (Å²) in [5, 5.41) is 9.20. The molecule has 6 atom stereocenters. The Hall–Kier alpha value is -1.07. The standard InChI is InChI=1S/C38H56F9NO4S2/c1-26(25-49)8-4-5-17-48(3)18-6-22-53-54-23-21-50-28-10-12-29-27(24-28)9-11-31-30(29)15-16-34(2)32(31)13-14-33(34)51-19-7-20-52-35(36(39,40)41,37(42,43)44)38(45,46)47/h10,12,24,26,30-33,49H,4-9,11,13-23,25H2,1-3H3/t26?,30-,31-,32+,33+,34+/m1/s1/i1D. The third kappa shape index (κ3) is 10.9. The van der Waals surface area contributed by atoms with Crippen LogP contribution in [0.25, 0.3) is 0 Å². The summed E-state index contributed by atoms with van der Waals surface area (Å²) in [6, 6.07) is 6.36. The van der Waals surface area contributed by atoms with Gasteiger partial charge in [0.05, 0.1) is 19.3 Å². The Balaban J connectivity index is 1.16. The maximum absolute atomic E-state index is 13.2. The van der Waals surface area contributed by atoms with E-state index in [1.807, 2.05) is 27.7 Å². The summed E-state index contributed by atoms with van der Waals surface area (Å²) in [6.07, 6.45) is -11.8. The molecule has 0 spiro atoms. The van der Waals surface area contributed by atoms with Gasteiger partial charge in [0, 0.05) is 26.1 Å². The van der Waals surface area contributed by atoms with E-state index in [-0.39, 0.29) is 37.6 Å². The molecule has 4 rings (SSSR count). The molecule has 3 aliphatic rings. The number of aliphatic hydroxyl groups excluding tert-OH is 1. The summed E-state index contributed by atoms with van der Waals surface area (Å²) in [6.45, 7) is 3.45. The van der Waals surface area contributed by atoms with Gasteiger partial charge in [-0.25, -0.2) is 0 Å². The van der Waals surface area contributed by atoms with Crippen molar-refractivity contribution >= 4 is 21.6 Å². The van der Waals surface area contributed by atoms with Gasteiger partial charge in [-0.3, -0.25) is 0 Å². The number of aryl methyl sites for hydroxylation is 1. The average Bonchev–Trinajstić information content (AvgIpc) is 3.44. The first-order chi connectivity index (χ1) is 25.9. The molecule has 1 aromatic rings. The Morgan fingerprint density at radius 2 is 1.59 bits per heavy atom. The Labute approximate surface area is 323 Å². The van der Waals surface area contributed by atoms with E-state index in [4.69, 9.17) is 10.8 Å². The van der Waals surface area contributed by atoms with Crippen molar-refractivity contribution in [2.75, 3.05) is 58.1 Å². The first-order valence-electron chi connectivity index (χ1n) is 19.6. The number of hydrogen-bond donors (Lipinski definition) is 1. The highest BCUT2D eigenvalue weighted by atomic mass is 33.1. The lowest BCUT2D eigenvalue weighted by molar-refractivity contribution is -0.457. The number of unbranched alkanes of at least 4 members (excludes halogenated alkanes) is 1. The Kier molecular flexibility index (Phi) is 16.0. The predicted octanol–water partition coefficient (Wildman–Crippen LogP) is 10.6. The fraction of sp³-hybridized carbons (Fsp3) is 0.842. The van der Waals surface area contributed by atoms with Gasteiger partial charge in [0.15, 0.2) is 0 Å². The highest BCUT2D eigenvalue weighted by Crippen LogP contribution is 2.62. The molecule has 0 radical (unpaired) electrons. The molecule has 0 aliphatic heterocycles. The van der Waals surface area contributed by atoms with Crippen LogP contribution < -0.4 is 4.74 Å². The second-order valence-electron chi connectivity index (χ2n) is 15.3. The van der Waals surface area contributed by atoms with E-state index < -0.39 is 37.2 Å². The van der Waals surface area contributed by atoms with Gasteiger partial charge in [0.25, 0.3) is 0 Å². The molecular weight excluding hydrogens is 770 g/mol. The van der Waals surface area contributed by atoms with Crippen LogP contribution in [0, 0.1) is 23.2 Å². The second-order valence-corrected chi connectivity index (χ2v) is 18.0. The fourth-order valence-corrected chi connectivity index (χ4v) is 10.7. The molecule has 1 aromatic carbocycles.